The lowest BCUT2D eigenvalue weighted by atomic mass is 10.1. The molecule has 2 aromatic rings. The minimum Gasteiger partial charge on any atom is -0.490 e. The molecule has 128 valence electrons. The Kier molecular flexibility index (Phi) is 4.92. The van der Waals surface area contributed by atoms with Crippen molar-refractivity contribution in [2.75, 3.05) is 37.8 Å². The second kappa shape index (κ2) is 7.11. The molecule has 1 fully saturated rings. The Hall–Kier alpha value is -2.25. The van der Waals surface area contributed by atoms with Crippen LogP contribution in [0, 0.1) is 12.7 Å². The first-order valence-corrected chi connectivity index (χ1v) is 7.76. The van der Waals surface area contributed by atoms with E-state index in [4.69, 9.17) is 9.47 Å². The van der Waals surface area contributed by atoms with Gasteiger partial charge in [0.25, 0.3) is 0 Å². The zero-order valence-corrected chi connectivity index (χ0v) is 13.5. The van der Waals surface area contributed by atoms with Gasteiger partial charge in [-0.3, -0.25) is 0 Å². The van der Waals surface area contributed by atoms with Crippen LogP contribution in [0.4, 0.5) is 10.2 Å². The fraction of sp³-hybridized carbons (Fsp3) is 0.412. The molecule has 2 heterocycles. The number of ether oxygens (including phenoxy) is 2. The van der Waals surface area contributed by atoms with Crippen molar-refractivity contribution in [2.45, 2.75) is 12.5 Å². The van der Waals surface area contributed by atoms with E-state index in [0.717, 1.165) is 11.5 Å². The van der Waals surface area contributed by atoms with Crippen LogP contribution < -0.4 is 9.64 Å². The average Bonchev–Trinajstić information content (AvgIpc) is 2.76. The fourth-order valence-corrected chi connectivity index (χ4v) is 2.59. The van der Waals surface area contributed by atoms with E-state index in [-0.39, 0.29) is 19.0 Å². The summed E-state index contributed by atoms with van der Waals surface area (Å²) in [7, 11) is 0. The van der Waals surface area contributed by atoms with Gasteiger partial charge in [0.15, 0.2) is 0 Å². The number of aryl methyl sites for hydroxylation is 1. The maximum Gasteiger partial charge on any atom is 0.139 e. The number of hydrogen-bond acceptors (Lipinski definition) is 6. The van der Waals surface area contributed by atoms with E-state index >= 15 is 0 Å². The Morgan fingerprint density at radius 2 is 2.25 bits per heavy atom. The van der Waals surface area contributed by atoms with E-state index < -0.39 is 5.60 Å². The Balaban J connectivity index is 1.71. The molecule has 1 aromatic carbocycles. The molecule has 3 rings (SSSR count). The summed E-state index contributed by atoms with van der Waals surface area (Å²) in [5.74, 6) is 0.726. The predicted molar refractivity (Wildman–Crippen MR) is 86.6 cm³/mol. The van der Waals surface area contributed by atoms with Gasteiger partial charge in [-0.1, -0.05) is 6.07 Å². The molecule has 1 aliphatic rings. The lowest BCUT2D eigenvalue weighted by Gasteiger charge is -2.31. The van der Waals surface area contributed by atoms with Gasteiger partial charge in [-0.05, 0) is 19.1 Å². The molecular weight excluding hydrogens is 313 g/mol. The number of benzene rings is 1. The van der Waals surface area contributed by atoms with Gasteiger partial charge in [-0.15, -0.1) is 0 Å². The van der Waals surface area contributed by atoms with Crippen molar-refractivity contribution in [1.82, 2.24) is 9.97 Å². The van der Waals surface area contributed by atoms with Crippen molar-refractivity contribution in [1.29, 1.82) is 0 Å². The zero-order chi connectivity index (χ0) is 17.0. The van der Waals surface area contributed by atoms with Crippen LogP contribution in [0.2, 0.25) is 0 Å². The maximum atomic E-state index is 13.2. The molecule has 0 spiro atoms. The number of aromatic nitrogens is 2. The zero-order valence-electron chi connectivity index (χ0n) is 13.5. The molecule has 0 radical (unpaired) electrons. The molecule has 0 bridgehead atoms. The first-order valence-electron chi connectivity index (χ1n) is 7.76. The minimum absolute atomic E-state index is 0.00296. The summed E-state index contributed by atoms with van der Waals surface area (Å²) in [6.07, 6.45) is 1.50. The van der Waals surface area contributed by atoms with Gasteiger partial charge in [0.2, 0.25) is 0 Å². The predicted octanol–water partition coefficient (Wildman–Crippen LogP) is 1.57. The van der Waals surface area contributed by atoms with Gasteiger partial charge >= 0.3 is 0 Å². The number of aliphatic hydroxyl groups is 1. The van der Waals surface area contributed by atoms with Crippen molar-refractivity contribution in [3.05, 3.63) is 48.2 Å². The lowest BCUT2D eigenvalue weighted by Crippen LogP contribution is -2.49. The van der Waals surface area contributed by atoms with Gasteiger partial charge < -0.3 is 19.5 Å². The van der Waals surface area contributed by atoms with Crippen molar-refractivity contribution >= 4 is 5.82 Å². The Labute approximate surface area is 139 Å². The summed E-state index contributed by atoms with van der Waals surface area (Å²) in [5, 5.41) is 10.9. The summed E-state index contributed by atoms with van der Waals surface area (Å²) in [6, 6.07) is 7.70. The van der Waals surface area contributed by atoms with Gasteiger partial charge in [0.1, 0.15) is 35.9 Å². The smallest absolute Gasteiger partial charge is 0.139 e. The van der Waals surface area contributed by atoms with Crippen LogP contribution in [0.3, 0.4) is 0 Å². The van der Waals surface area contributed by atoms with Crippen LogP contribution in [-0.2, 0) is 4.74 Å². The fourth-order valence-electron chi connectivity index (χ4n) is 2.59. The normalized spacial score (nSPS) is 21.4. The van der Waals surface area contributed by atoms with E-state index in [1.165, 1.54) is 18.5 Å². The van der Waals surface area contributed by atoms with Crippen molar-refractivity contribution in [2.24, 2.45) is 0 Å². The van der Waals surface area contributed by atoms with E-state index in [1.54, 1.807) is 12.1 Å². The molecule has 1 N–H and O–H groups in total. The summed E-state index contributed by atoms with van der Waals surface area (Å²) in [5.41, 5.74) is -0.369. The third-order valence-electron chi connectivity index (χ3n) is 3.78. The van der Waals surface area contributed by atoms with Crippen LogP contribution in [0.15, 0.2) is 36.7 Å². The molecule has 0 unspecified atom stereocenters. The highest BCUT2D eigenvalue weighted by Gasteiger charge is 2.34. The first-order chi connectivity index (χ1) is 11.5. The molecule has 6 nitrogen and oxygen atoms in total. The molecule has 0 saturated carbocycles. The van der Waals surface area contributed by atoms with E-state index in [2.05, 4.69) is 9.97 Å². The molecule has 24 heavy (non-hydrogen) atoms. The number of hydrogen-bond donors (Lipinski definition) is 1. The van der Waals surface area contributed by atoms with Crippen LogP contribution in [0.25, 0.3) is 0 Å². The van der Waals surface area contributed by atoms with Crippen LogP contribution in [-0.4, -0.2) is 53.6 Å². The molecule has 7 heteroatoms. The summed E-state index contributed by atoms with van der Waals surface area (Å²) in [6.45, 7) is 3.42. The standard InChI is InChI=1S/C17H20FN3O3/c1-13-7-16(20-12-19-13)21-5-6-23-10-17(22,9-21)11-24-15-4-2-3-14(18)8-15/h2-4,7-8,12,22H,5-6,9-11H2,1H3/t17-/m0/s1. The molecule has 1 aliphatic heterocycles. The van der Waals surface area contributed by atoms with E-state index in [1.807, 2.05) is 17.9 Å². The van der Waals surface area contributed by atoms with Crippen LogP contribution >= 0.6 is 0 Å². The van der Waals surface area contributed by atoms with Crippen molar-refractivity contribution < 1.29 is 19.0 Å². The molecular formula is C17H20FN3O3. The topological polar surface area (TPSA) is 67.7 Å². The third-order valence-corrected chi connectivity index (χ3v) is 3.78. The van der Waals surface area contributed by atoms with Gasteiger partial charge in [0.05, 0.1) is 19.8 Å². The van der Waals surface area contributed by atoms with Crippen molar-refractivity contribution in [3.8, 4) is 5.75 Å². The van der Waals surface area contributed by atoms with Gasteiger partial charge in [-0.2, -0.15) is 0 Å². The van der Waals surface area contributed by atoms with Crippen LogP contribution in [0.1, 0.15) is 5.69 Å². The number of β-amino-alcohol motifs (C(OH)–C–C–N with tert-alkyl or cyclic N) is 1. The monoisotopic (exact) mass is 333 g/mol. The number of anilines is 1. The number of halogens is 1. The Bertz CT molecular complexity index is 700. The molecule has 1 saturated heterocycles. The SMILES string of the molecule is Cc1cc(N2CCOC[C@](O)(COc3cccc(F)c3)C2)ncn1. The number of nitrogens with zero attached hydrogens (tertiary/aromatic N) is 3. The van der Waals surface area contributed by atoms with E-state index in [0.29, 0.717) is 25.4 Å². The summed E-state index contributed by atoms with van der Waals surface area (Å²) in [4.78, 5) is 10.3. The Morgan fingerprint density at radius 1 is 1.38 bits per heavy atom. The third kappa shape index (κ3) is 4.18. The molecule has 0 amide bonds. The second-order valence-electron chi connectivity index (χ2n) is 5.96. The molecule has 0 aliphatic carbocycles. The summed E-state index contributed by atoms with van der Waals surface area (Å²) >= 11 is 0. The van der Waals surface area contributed by atoms with Crippen molar-refractivity contribution in [3.63, 3.8) is 0 Å². The first kappa shape index (κ1) is 16.6. The van der Waals surface area contributed by atoms with E-state index in [9.17, 15) is 9.50 Å². The highest BCUT2D eigenvalue weighted by molar-refractivity contribution is 5.39. The minimum atomic E-state index is -1.22. The second-order valence-corrected chi connectivity index (χ2v) is 5.96. The maximum absolute atomic E-state index is 13.2. The highest BCUT2D eigenvalue weighted by Crippen LogP contribution is 2.20. The van der Waals surface area contributed by atoms with Crippen LogP contribution in [0.5, 0.6) is 5.75 Å². The number of rotatable bonds is 4. The van der Waals surface area contributed by atoms with Gasteiger partial charge in [-0.25, -0.2) is 14.4 Å². The Morgan fingerprint density at radius 3 is 3.04 bits per heavy atom. The average molecular weight is 333 g/mol. The highest BCUT2D eigenvalue weighted by atomic mass is 19.1. The lowest BCUT2D eigenvalue weighted by molar-refractivity contribution is -0.0537. The molecule has 1 atom stereocenters. The largest absolute Gasteiger partial charge is 0.490 e. The quantitative estimate of drug-likeness (QED) is 0.916. The van der Waals surface area contributed by atoms with Gasteiger partial charge in [0, 0.05) is 24.4 Å². The summed E-state index contributed by atoms with van der Waals surface area (Å²) < 4.78 is 24.3. The molecule has 1 aromatic heterocycles.